The quantitative estimate of drug-likeness (QED) is 0.826. The molecule has 0 saturated heterocycles. The number of aryl methyl sites for hydroxylation is 1. The van der Waals surface area contributed by atoms with E-state index in [1.165, 1.54) is 29.6 Å². The van der Waals surface area contributed by atoms with Gasteiger partial charge in [0.05, 0.1) is 0 Å². The fourth-order valence-electron chi connectivity index (χ4n) is 1.41. The first-order chi connectivity index (χ1) is 8.63. The van der Waals surface area contributed by atoms with Crippen molar-refractivity contribution in [2.75, 3.05) is 5.43 Å². The summed E-state index contributed by atoms with van der Waals surface area (Å²) in [5, 5.41) is 0.590. The Morgan fingerprint density at radius 3 is 2.72 bits per heavy atom. The van der Waals surface area contributed by atoms with E-state index in [2.05, 4.69) is 51.4 Å². The maximum atomic E-state index is 10.7. The highest BCUT2D eigenvalue weighted by atomic mass is 32.1. The summed E-state index contributed by atoms with van der Waals surface area (Å²) < 4.78 is 4.23. The molecule has 2 rings (SSSR count). The zero-order valence-corrected chi connectivity index (χ0v) is 11.0. The first-order valence-electron chi connectivity index (χ1n) is 5.54. The van der Waals surface area contributed by atoms with Crippen LogP contribution in [0.5, 0.6) is 0 Å². The van der Waals surface area contributed by atoms with Crippen LogP contribution in [0.1, 0.15) is 23.9 Å². The Morgan fingerprint density at radius 1 is 1.33 bits per heavy atom. The number of aromatic nitrogens is 2. The number of hydrogen-bond donors (Lipinski definition) is 2. The minimum absolute atomic E-state index is 0.162. The van der Waals surface area contributed by atoms with E-state index in [0.717, 1.165) is 5.82 Å². The number of amides is 1. The van der Waals surface area contributed by atoms with Gasteiger partial charge in [0, 0.05) is 24.9 Å². The van der Waals surface area contributed by atoms with Gasteiger partial charge in [-0.1, -0.05) is 29.8 Å². The second kappa shape index (κ2) is 5.59. The molecule has 1 heterocycles. The van der Waals surface area contributed by atoms with E-state index >= 15 is 0 Å². The van der Waals surface area contributed by atoms with E-state index in [0.29, 0.717) is 11.6 Å². The monoisotopic (exact) mass is 262 g/mol. The zero-order chi connectivity index (χ0) is 13.0. The molecule has 5 nitrogen and oxygen atoms in total. The molecule has 0 saturated carbocycles. The zero-order valence-electron chi connectivity index (χ0n) is 10.2. The Hall–Kier alpha value is -1.95. The van der Waals surface area contributed by atoms with Gasteiger partial charge in [-0.05, 0) is 12.5 Å². The molecule has 2 N–H and O–H groups in total. The first kappa shape index (κ1) is 12.5. The molecule has 0 atom stereocenters. The van der Waals surface area contributed by atoms with Crippen LogP contribution in [-0.4, -0.2) is 15.3 Å². The highest BCUT2D eigenvalue weighted by molar-refractivity contribution is 7.09. The van der Waals surface area contributed by atoms with Crippen LogP contribution in [0.25, 0.3) is 0 Å². The van der Waals surface area contributed by atoms with Crippen molar-refractivity contribution in [2.45, 2.75) is 20.3 Å². The highest BCUT2D eigenvalue weighted by Crippen LogP contribution is 2.13. The largest absolute Gasteiger partial charge is 0.274 e. The summed E-state index contributed by atoms with van der Waals surface area (Å²) in [6, 6.07) is 8.27. The maximum Gasteiger partial charge on any atom is 0.235 e. The molecule has 6 heteroatoms. The van der Waals surface area contributed by atoms with E-state index in [1.807, 2.05) is 0 Å². The molecule has 0 bridgehead atoms. The number of carbonyl (C=O) groups excluding carboxylic acids is 1. The van der Waals surface area contributed by atoms with Gasteiger partial charge in [-0.25, -0.2) is 4.98 Å². The smallest absolute Gasteiger partial charge is 0.235 e. The lowest BCUT2D eigenvalue weighted by atomic mass is 10.1. The SMILES string of the molecule is CC(=O)NNc1nc(Cc2ccc(C)cc2)ns1. The molecular formula is C12H14N4OS. The van der Waals surface area contributed by atoms with Gasteiger partial charge < -0.3 is 0 Å². The third kappa shape index (κ3) is 3.53. The average molecular weight is 262 g/mol. The van der Waals surface area contributed by atoms with Gasteiger partial charge in [0.1, 0.15) is 5.82 Å². The van der Waals surface area contributed by atoms with Gasteiger partial charge in [0.25, 0.3) is 0 Å². The first-order valence-corrected chi connectivity index (χ1v) is 6.31. The Bertz CT molecular complexity index is 535. The third-order valence-electron chi connectivity index (χ3n) is 2.30. The highest BCUT2D eigenvalue weighted by Gasteiger charge is 2.05. The number of rotatable bonds is 4. The normalized spacial score (nSPS) is 10.1. The second-order valence-electron chi connectivity index (χ2n) is 3.98. The van der Waals surface area contributed by atoms with E-state index in [1.54, 1.807) is 0 Å². The Kier molecular flexibility index (Phi) is 3.88. The lowest BCUT2D eigenvalue weighted by Crippen LogP contribution is -2.26. The molecule has 2 aromatic rings. The number of benzene rings is 1. The number of nitrogens with one attached hydrogen (secondary N) is 2. The van der Waals surface area contributed by atoms with Crippen molar-refractivity contribution in [3.05, 3.63) is 41.2 Å². The minimum atomic E-state index is -0.162. The van der Waals surface area contributed by atoms with Crippen molar-refractivity contribution in [1.82, 2.24) is 14.8 Å². The summed E-state index contributed by atoms with van der Waals surface area (Å²) in [4.78, 5) is 15.0. The van der Waals surface area contributed by atoms with Crippen molar-refractivity contribution in [2.24, 2.45) is 0 Å². The van der Waals surface area contributed by atoms with Crippen LogP contribution in [0.3, 0.4) is 0 Å². The van der Waals surface area contributed by atoms with Crippen molar-refractivity contribution >= 4 is 22.6 Å². The molecule has 18 heavy (non-hydrogen) atoms. The number of hydrazine groups is 1. The summed E-state index contributed by atoms with van der Waals surface area (Å²) >= 11 is 1.23. The van der Waals surface area contributed by atoms with Crippen molar-refractivity contribution in [3.63, 3.8) is 0 Å². The number of carbonyl (C=O) groups is 1. The Morgan fingerprint density at radius 2 is 2.06 bits per heavy atom. The van der Waals surface area contributed by atoms with Crippen LogP contribution in [0.4, 0.5) is 5.13 Å². The van der Waals surface area contributed by atoms with Gasteiger partial charge in [0.15, 0.2) is 0 Å². The van der Waals surface area contributed by atoms with Crippen molar-refractivity contribution < 1.29 is 4.79 Å². The van der Waals surface area contributed by atoms with Gasteiger partial charge in [0.2, 0.25) is 11.0 Å². The molecule has 94 valence electrons. The maximum absolute atomic E-state index is 10.7. The molecule has 0 aliphatic carbocycles. The standard InChI is InChI=1S/C12H14N4OS/c1-8-3-5-10(6-4-8)7-11-13-12(18-16-11)15-14-9(2)17/h3-6H,7H2,1-2H3,(H,14,17)(H,13,15,16). The Labute approximate surface area is 109 Å². The molecule has 0 fully saturated rings. The average Bonchev–Trinajstić information content (AvgIpc) is 2.77. The van der Waals surface area contributed by atoms with Crippen LogP contribution in [0, 0.1) is 6.92 Å². The molecule has 0 aliphatic rings. The van der Waals surface area contributed by atoms with Crippen LogP contribution in [-0.2, 0) is 11.2 Å². The van der Waals surface area contributed by atoms with E-state index < -0.39 is 0 Å². The molecular weight excluding hydrogens is 248 g/mol. The van der Waals surface area contributed by atoms with E-state index in [-0.39, 0.29) is 5.91 Å². The number of hydrogen-bond acceptors (Lipinski definition) is 5. The number of nitrogens with zero attached hydrogens (tertiary/aromatic N) is 2. The molecule has 1 amide bonds. The van der Waals surface area contributed by atoms with Crippen LogP contribution >= 0.6 is 11.5 Å². The minimum Gasteiger partial charge on any atom is -0.274 e. The summed E-state index contributed by atoms with van der Waals surface area (Å²) in [5.74, 6) is 0.585. The van der Waals surface area contributed by atoms with Crippen molar-refractivity contribution in [1.29, 1.82) is 0 Å². The lowest BCUT2D eigenvalue weighted by Gasteiger charge is -2.00. The predicted octanol–water partition coefficient (Wildman–Crippen LogP) is 1.90. The molecule has 1 aromatic carbocycles. The molecule has 0 aliphatic heterocycles. The van der Waals surface area contributed by atoms with Crippen molar-refractivity contribution in [3.8, 4) is 0 Å². The number of anilines is 1. The van der Waals surface area contributed by atoms with Crippen LogP contribution in [0.15, 0.2) is 24.3 Å². The summed E-state index contributed by atoms with van der Waals surface area (Å²) in [6.07, 6.45) is 0.693. The second-order valence-corrected chi connectivity index (χ2v) is 4.74. The van der Waals surface area contributed by atoms with E-state index in [9.17, 15) is 4.79 Å². The van der Waals surface area contributed by atoms with E-state index in [4.69, 9.17) is 0 Å². The Balaban J connectivity index is 1.97. The molecule has 0 spiro atoms. The van der Waals surface area contributed by atoms with Gasteiger partial charge in [-0.3, -0.25) is 15.6 Å². The van der Waals surface area contributed by atoms with Gasteiger partial charge in [-0.15, -0.1) is 0 Å². The summed E-state index contributed by atoms with van der Waals surface area (Å²) in [5.41, 5.74) is 7.58. The summed E-state index contributed by atoms with van der Waals surface area (Å²) in [7, 11) is 0. The molecule has 1 aromatic heterocycles. The fraction of sp³-hybridized carbons (Fsp3) is 0.250. The summed E-state index contributed by atoms with van der Waals surface area (Å²) in [6.45, 7) is 3.49. The molecule has 0 unspecified atom stereocenters. The fourth-order valence-corrected chi connectivity index (χ4v) is 1.95. The lowest BCUT2D eigenvalue weighted by molar-refractivity contribution is -0.118. The topological polar surface area (TPSA) is 66.9 Å². The van der Waals surface area contributed by atoms with Crippen LogP contribution in [0.2, 0.25) is 0 Å². The molecule has 0 radical (unpaired) electrons. The third-order valence-corrected chi connectivity index (χ3v) is 2.96. The van der Waals surface area contributed by atoms with Crippen LogP contribution < -0.4 is 10.9 Å². The predicted molar refractivity (Wildman–Crippen MR) is 71.3 cm³/mol. The van der Waals surface area contributed by atoms with Gasteiger partial charge >= 0.3 is 0 Å². The van der Waals surface area contributed by atoms with Gasteiger partial charge in [-0.2, -0.15) is 4.37 Å².